The molecule has 7 nitrogen and oxygen atoms in total. The molecule has 9 heteroatoms. The van der Waals surface area contributed by atoms with Crippen LogP contribution < -0.4 is 27.8 Å². The average molecular weight is 438 g/mol. The first-order valence-electron chi connectivity index (χ1n) is 9.84. The van der Waals surface area contributed by atoms with E-state index in [9.17, 15) is 0 Å². The predicted molar refractivity (Wildman–Crippen MR) is 120 cm³/mol. The van der Waals surface area contributed by atoms with Gasteiger partial charge in [-0.2, -0.15) is 0 Å². The molecule has 1 fully saturated rings. The van der Waals surface area contributed by atoms with E-state index in [0.717, 1.165) is 43.7 Å². The monoisotopic (exact) mass is 437 g/mol. The fraction of sp³-hybridized carbons (Fsp3) is 0.450. The lowest BCUT2D eigenvalue weighted by Gasteiger charge is -2.30. The summed E-state index contributed by atoms with van der Waals surface area (Å²) < 4.78 is 0. The molecule has 1 saturated heterocycles. The van der Waals surface area contributed by atoms with E-state index < -0.39 is 0 Å². The molecule has 0 aromatic heterocycles. The van der Waals surface area contributed by atoms with E-state index in [1.165, 1.54) is 0 Å². The largest absolute Gasteiger partial charge is 0.396 e. The smallest absolute Gasteiger partial charge is 0.142 e. The third-order valence-corrected chi connectivity index (χ3v) is 5.87. The van der Waals surface area contributed by atoms with Gasteiger partial charge in [0.15, 0.2) is 0 Å². The van der Waals surface area contributed by atoms with Gasteiger partial charge in [0.2, 0.25) is 0 Å². The summed E-state index contributed by atoms with van der Waals surface area (Å²) in [5, 5.41) is 7.91. The Balaban J connectivity index is 1.74. The molecule has 8 N–H and O–H groups in total. The predicted octanol–water partition coefficient (Wildman–Crippen LogP) is 1.73. The number of aliphatic imine (C=N–C) groups is 1. The highest BCUT2D eigenvalue weighted by Crippen LogP contribution is 2.24. The summed E-state index contributed by atoms with van der Waals surface area (Å²) in [5.74, 6) is 1.48. The summed E-state index contributed by atoms with van der Waals surface area (Å²) in [6.45, 7) is 4.76. The van der Waals surface area contributed by atoms with Gasteiger partial charge in [-0.15, -0.1) is 0 Å². The van der Waals surface area contributed by atoms with Crippen molar-refractivity contribution >= 4 is 29.0 Å². The van der Waals surface area contributed by atoms with Crippen molar-refractivity contribution in [1.29, 1.82) is 0 Å². The van der Waals surface area contributed by atoms with Crippen molar-refractivity contribution in [3.63, 3.8) is 0 Å². The molecule has 2 aliphatic rings. The molecule has 0 radical (unpaired) electrons. The summed E-state index contributed by atoms with van der Waals surface area (Å²) in [6.07, 6.45) is 4.05. The van der Waals surface area contributed by atoms with Crippen LogP contribution in [0.25, 0.3) is 0 Å². The quantitative estimate of drug-likeness (QED) is 0.462. The Kier molecular flexibility index (Phi) is 7.52. The van der Waals surface area contributed by atoms with Crippen LogP contribution in [0.1, 0.15) is 18.4 Å². The lowest BCUT2D eigenvalue weighted by Crippen LogP contribution is -2.38. The highest BCUT2D eigenvalue weighted by atomic mass is 35.5. The van der Waals surface area contributed by atoms with Crippen molar-refractivity contribution in [2.45, 2.75) is 19.4 Å². The van der Waals surface area contributed by atoms with Crippen LogP contribution in [0.3, 0.4) is 0 Å². The van der Waals surface area contributed by atoms with Gasteiger partial charge in [0.1, 0.15) is 11.7 Å². The lowest BCUT2D eigenvalue weighted by molar-refractivity contribution is 0.352. The minimum Gasteiger partial charge on any atom is -0.396 e. The van der Waals surface area contributed by atoms with E-state index >= 15 is 0 Å². The Morgan fingerprint density at radius 1 is 1.28 bits per heavy atom. The zero-order chi connectivity index (χ0) is 20.8. The maximum Gasteiger partial charge on any atom is 0.142 e. The lowest BCUT2D eigenvalue weighted by atomic mass is 9.98. The minimum absolute atomic E-state index is 0.434. The highest BCUT2D eigenvalue weighted by molar-refractivity contribution is 6.33. The third kappa shape index (κ3) is 5.95. The molecular weight excluding hydrogens is 409 g/mol. The Morgan fingerprint density at radius 3 is 2.79 bits per heavy atom. The molecule has 3 rings (SSSR count). The van der Waals surface area contributed by atoms with Crippen LogP contribution >= 0.6 is 23.2 Å². The van der Waals surface area contributed by atoms with Crippen LogP contribution in [0.5, 0.6) is 0 Å². The topological polar surface area (TPSA) is 118 Å². The van der Waals surface area contributed by atoms with E-state index in [1.807, 2.05) is 6.07 Å². The second kappa shape index (κ2) is 10.1. The van der Waals surface area contributed by atoms with Crippen LogP contribution in [0, 0.1) is 5.92 Å². The number of rotatable bonds is 6. The number of nitrogens with one attached hydrogen (secondary N) is 2. The summed E-state index contributed by atoms with van der Waals surface area (Å²) in [4.78, 5) is 6.44. The number of amidine groups is 1. The molecule has 0 spiro atoms. The molecule has 1 aromatic rings. The van der Waals surface area contributed by atoms with E-state index in [2.05, 4.69) is 20.5 Å². The second-order valence-electron chi connectivity index (χ2n) is 7.40. The van der Waals surface area contributed by atoms with E-state index in [-0.39, 0.29) is 0 Å². The summed E-state index contributed by atoms with van der Waals surface area (Å²) in [5.41, 5.74) is 20.7. The maximum atomic E-state index is 6.34. The molecule has 0 atom stereocenters. The molecule has 0 bridgehead atoms. The van der Waals surface area contributed by atoms with Crippen molar-refractivity contribution < 1.29 is 0 Å². The van der Waals surface area contributed by atoms with E-state index in [0.29, 0.717) is 53.0 Å². The number of halogens is 2. The summed E-state index contributed by atoms with van der Waals surface area (Å²) >= 11 is 12.5. The van der Waals surface area contributed by atoms with Crippen molar-refractivity contribution in [2.24, 2.45) is 28.1 Å². The Morgan fingerprint density at radius 2 is 2.03 bits per heavy atom. The van der Waals surface area contributed by atoms with Gasteiger partial charge < -0.3 is 32.7 Å². The average Bonchev–Trinajstić information content (AvgIpc) is 2.72. The number of hydrogen-bond donors (Lipinski definition) is 5. The SMILES string of the molecule is NC1=NCCN(Cc2cc(Cl)ccc2Cl)C1=CC(N)=C(N)NCC1CCNCC1. The van der Waals surface area contributed by atoms with Crippen molar-refractivity contribution in [2.75, 3.05) is 32.7 Å². The van der Waals surface area contributed by atoms with Crippen molar-refractivity contribution in [1.82, 2.24) is 15.5 Å². The van der Waals surface area contributed by atoms with Gasteiger partial charge in [-0.3, -0.25) is 4.99 Å². The third-order valence-electron chi connectivity index (χ3n) is 5.27. The van der Waals surface area contributed by atoms with Gasteiger partial charge in [-0.1, -0.05) is 23.2 Å². The Hall–Kier alpha value is -2.09. The normalized spacial score (nSPS) is 20.4. The number of nitrogens with two attached hydrogens (primary N) is 3. The number of benzene rings is 1. The molecule has 0 aliphatic carbocycles. The van der Waals surface area contributed by atoms with Crippen LogP contribution in [0.15, 0.2) is 46.5 Å². The number of nitrogens with zero attached hydrogens (tertiary/aromatic N) is 2. The van der Waals surface area contributed by atoms with E-state index in [1.54, 1.807) is 18.2 Å². The van der Waals surface area contributed by atoms with Crippen LogP contribution in [-0.2, 0) is 6.54 Å². The minimum atomic E-state index is 0.434. The molecule has 2 heterocycles. The molecule has 0 unspecified atom stereocenters. The van der Waals surface area contributed by atoms with Crippen molar-refractivity contribution in [3.05, 3.63) is 57.1 Å². The fourth-order valence-electron chi connectivity index (χ4n) is 3.52. The van der Waals surface area contributed by atoms with Gasteiger partial charge in [-0.25, -0.2) is 0 Å². The van der Waals surface area contributed by atoms with Crippen molar-refractivity contribution in [3.8, 4) is 0 Å². The van der Waals surface area contributed by atoms with E-state index in [4.69, 9.17) is 40.4 Å². The summed E-state index contributed by atoms with van der Waals surface area (Å²) in [6, 6.07) is 5.42. The molecular formula is C20H29Cl2N7. The second-order valence-corrected chi connectivity index (χ2v) is 8.24. The van der Waals surface area contributed by atoms with Gasteiger partial charge in [0.05, 0.1) is 17.9 Å². The van der Waals surface area contributed by atoms with Crippen LogP contribution in [0.4, 0.5) is 0 Å². The van der Waals surface area contributed by atoms with Crippen LogP contribution in [-0.4, -0.2) is 43.5 Å². The molecule has 158 valence electrons. The highest BCUT2D eigenvalue weighted by Gasteiger charge is 2.20. The zero-order valence-corrected chi connectivity index (χ0v) is 17.9. The molecule has 2 aliphatic heterocycles. The number of allylic oxidation sites excluding steroid dienone is 1. The first-order valence-corrected chi connectivity index (χ1v) is 10.6. The van der Waals surface area contributed by atoms with Gasteiger partial charge >= 0.3 is 0 Å². The summed E-state index contributed by atoms with van der Waals surface area (Å²) in [7, 11) is 0. The number of piperidine rings is 1. The maximum absolute atomic E-state index is 6.34. The van der Waals surface area contributed by atoms with Crippen LogP contribution in [0.2, 0.25) is 10.0 Å². The molecule has 29 heavy (non-hydrogen) atoms. The molecule has 1 aromatic carbocycles. The van der Waals surface area contributed by atoms with Gasteiger partial charge in [0, 0.05) is 29.7 Å². The zero-order valence-electron chi connectivity index (χ0n) is 16.4. The standard InChI is InChI=1S/C20H29Cl2N7/c21-15-1-2-16(22)14(9-15)12-29-8-7-27-20(25)18(29)10-17(23)19(24)28-11-13-3-5-26-6-4-13/h1-2,9-10,13,26,28H,3-8,11-12,23-24H2,(H2,25,27). The van der Waals surface area contributed by atoms with Gasteiger partial charge in [0.25, 0.3) is 0 Å². The first-order chi connectivity index (χ1) is 13.9. The fourth-order valence-corrected chi connectivity index (χ4v) is 3.89. The van der Waals surface area contributed by atoms with Gasteiger partial charge in [-0.05, 0) is 61.7 Å². The Bertz CT molecular complexity index is 813. The first kappa shape index (κ1) is 21.6. The molecule has 0 amide bonds. The molecule has 0 saturated carbocycles. The Labute approximate surface area is 182 Å². The number of hydrogen-bond acceptors (Lipinski definition) is 7.